The molecule has 2 fully saturated rings. The van der Waals surface area contributed by atoms with Crippen molar-refractivity contribution in [2.24, 2.45) is 0 Å². The highest BCUT2D eigenvalue weighted by Crippen LogP contribution is 2.47. The van der Waals surface area contributed by atoms with Crippen LogP contribution in [0.2, 0.25) is 0 Å². The summed E-state index contributed by atoms with van der Waals surface area (Å²) in [7, 11) is 2.12. The first-order valence-corrected chi connectivity index (χ1v) is 10.2. The van der Waals surface area contributed by atoms with E-state index < -0.39 is 17.9 Å². The number of amides is 3. The van der Waals surface area contributed by atoms with Gasteiger partial charge >= 0.3 is 6.47 Å². The van der Waals surface area contributed by atoms with E-state index in [-0.39, 0.29) is 37.2 Å². The first-order chi connectivity index (χ1) is 14.4. The molecule has 0 aliphatic carbocycles. The molecule has 1 aromatic carbocycles. The van der Waals surface area contributed by atoms with Gasteiger partial charge in [0, 0.05) is 29.5 Å². The molecule has 0 saturated carbocycles. The van der Waals surface area contributed by atoms with Crippen LogP contribution >= 0.6 is 0 Å². The van der Waals surface area contributed by atoms with Crippen LogP contribution in [0.15, 0.2) is 12.1 Å². The van der Waals surface area contributed by atoms with Crippen molar-refractivity contribution in [3.05, 3.63) is 28.8 Å². The zero-order valence-corrected chi connectivity index (χ0v) is 16.8. The van der Waals surface area contributed by atoms with Crippen molar-refractivity contribution < 1.29 is 28.8 Å². The van der Waals surface area contributed by atoms with Crippen LogP contribution in [0.5, 0.6) is 5.75 Å². The highest BCUT2D eigenvalue weighted by molar-refractivity contribution is 6.05. The predicted molar refractivity (Wildman–Crippen MR) is 102 cm³/mol. The van der Waals surface area contributed by atoms with Gasteiger partial charge in [-0.25, -0.2) is 0 Å². The van der Waals surface area contributed by atoms with Gasteiger partial charge in [-0.3, -0.25) is 19.2 Å². The van der Waals surface area contributed by atoms with Crippen molar-refractivity contribution in [1.29, 1.82) is 0 Å². The first kappa shape index (κ1) is 19.0. The summed E-state index contributed by atoms with van der Waals surface area (Å²) < 4.78 is 6.00. The molecule has 158 valence electrons. The van der Waals surface area contributed by atoms with E-state index in [0.29, 0.717) is 17.2 Å². The van der Waals surface area contributed by atoms with Crippen LogP contribution in [-0.2, 0) is 31.2 Å². The van der Waals surface area contributed by atoms with Gasteiger partial charge in [-0.2, -0.15) is 0 Å². The lowest BCUT2D eigenvalue weighted by Crippen LogP contribution is -2.54. The number of likely N-dealkylation sites (tertiary alicyclic amines) is 1. The number of nitrogens with zero attached hydrogens (tertiary/aromatic N) is 3. The molecule has 4 aliphatic rings. The van der Waals surface area contributed by atoms with Gasteiger partial charge in [-0.15, -0.1) is 5.06 Å². The van der Waals surface area contributed by atoms with E-state index in [1.165, 1.54) is 4.90 Å². The van der Waals surface area contributed by atoms with Crippen molar-refractivity contribution >= 4 is 24.2 Å². The summed E-state index contributed by atoms with van der Waals surface area (Å²) in [5.41, 5.74) is 2.54. The van der Waals surface area contributed by atoms with Crippen molar-refractivity contribution in [1.82, 2.24) is 14.9 Å². The van der Waals surface area contributed by atoms with Gasteiger partial charge in [0.25, 0.3) is 17.7 Å². The maximum atomic E-state index is 13.1. The molecule has 9 heteroatoms. The van der Waals surface area contributed by atoms with E-state index in [1.807, 2.05) is 0 Å². The van der Waals surface area contributed by atoms with Crippen molar-refractivity contribution in [2.45, 2.75) is 43.7 Å². The lowest BCUT2D eigenvalue weighted by atomic mass is 9.74. The number of fused-ring (bicyclic) bond motifs is 3. The van der Waals surface area contributed by atoms with Gasteiger partial charge in [0.15, 0.2) is 0 Å². The Morgan fingerprint density at radius 1 is 1.20 bits per heavy atom. The Bertz CT molecular complexity index is 952. The summed E-state index contributed by atoms with van der Waals surface area (Å²) in [5.74, 6) is -0.775. The Morgan fingerprint density at radius 3 is 2.70 bits per heavy atom. The number of ether oxygens (including phenoxy) is 1. The minimum Gasteiger partial charge on any atom is -0.492 e. The monoisotopic (exact) mass is 413 g/mol. The Hall–Kier alpha value is -2.94. The van der Waals surface area contributed by atoms with Gasteiger partial charge in [0.2, 0.25) is 0 Å². The number of hydrogen-bond acceptors (Lipinski definition) is 7. The molecule has 0 radical (unpaired) electrons. The normalized spacial score (nSPS) is 25.4. The van der Waals surface area contributed by atoms with Crippen LogP contribution in [0.3, 0.4) is 0 Å². The third-order valence-electron chi connectivity index (χ3n) is 6.92. The van der Waals surface area contributed by atoms with E-state index in [4.69, 9.17) is 4.74 Å². The average Bonchev–Trinajstić information content (AvgIpc) is 3.24. The summed E-state index contributed by atoms with van der Waals surface area (Å²) in [6, 6.07) is 3.03. The molecule has 1 aromatic rings. The SMILES string of the molecule is CN1CCC2(CC1)COc1cc3c(cc12)CN(C1CCC(=O)N(OC=O)C1=O)C3=O. The quantitative estimate of drug-likeness (QED) is 0.529. The molecule has 1 unspecified atom stereocenters. The topological polar surface area (TPSA) is 96.5 Å². The van der Waals surface area contributed by atoms with Crippen LogP contribution < -0.4 is 4.74 Å². The Morgan fingerprint density at radius 2 is 1.97 bits per heavy atom. The summed E-state index contributed by atoms with van der Waals surface area (Å²) in [6.45, 7) is 2.97. The molecule has 30 heavy (non-hydrogen) atoms. The second-order valence-electron chi connectivity index (χ2n) is 8.59. The Labute approximate surface area is 173 Å². The minimum atomic E-state index is -0.837. The summed E-state index contributed by atoms with van der Waals surface area (Å²) in [6.07, 6.45) is 2.26. The first-order valence-electron chi connectivity index (χ1n) is 10.2. The molecule has 1 atom stereocenters. The smallest absolute Gasteiger partial charge is 0.321 e. The second-order valence-corrected chi connectivity index (χ2v) is 8.59. The number of rotatable bonds is 3. The highest BCUT2D eigenvalue weighted by atomic mass is 16.7. The molecule has 4 heterocycles. The number of hydroxylamine groups is 2. The fraction of sp³-hybridized carbons (Fsp3) is 0.524. The number of imide groups is 1. The molecule has 0 aromatic heterocycles. The number of hydrogen-bond donors (Lipinski definition) is 0. The van der Waals surface area contributed by atoms with E-state index in [1.54, 1.807) is 6.07 Å². The van der Waals surface area contributed by atoms with Crippen molar-refractivity contribution in [3.63, 3.8) is 0 Å². The van der Waals surface area contributed by atoms with Crippen LogP contribution in [-0.4, -0.2) is 71.8 Å². The van der Waals surface area contributed by atoms with Crippen LogP contribution in [0, 0.1) is 0 Å². The summed E-state index contributed by atoms with van der Waals surface area (Å²) in [4.78, 5) is 56.6. The fourth-order valence-corrected chi connectivity index (χ4v) is 5.09. The van der Waals surface area contributed by atoms with E-state index in [9.17, 15) is 19.2 Å². The fourth-order valence-electron chi connectivity index (χ4n) is 5.09. The van der Waals surface area contributed by atoms with Crippen LogP contribution in [0.25, 0.3) is 0 Å². The van der Waals surface area contributed by atoms with Gasteiger partial charge in [0.1, 0.15) is 11.8 Å². The van der Waals surface area contributed by atoms with Crippen molar-refractivity contribution in [2.75, 3.05) is 26.7 Å². The molecule has 2 saturated heterocycles. The van der Waals surface area contributed by atoms with Gasteiger partial charge < -0.3 is 19.4 Å². The third-order valence-corrected chi connectivity index (χ3v) is 6.92. The van der Waals surface area contributed by atoms with E-state index in [0.717, 1.165) is 42.8 Å². The van der Waals surface area contributed by atoms with Crippen LogP contribution in [0.1, 0.15) is 47.2 Å². The summed E-state index contributed by atoms with van der Waals surface area (Å²) >= 11 is 0. The molecule has 0 N–H and O–H groups in total. The largest absolute Gasteiger partial charge is 0.492 e. The van der Waals surface area contributed by atoms with Crippen LogP contribution in [0.4, 0.5) is 0 Å². The molecule has 3 amide bonds. The third kappa shape index (κ3) is 2.72. The Balaban J connectivity index is 1.43. The Kier molecular flexibility index (Phi) is 4.32. The van der Waals surface area contributed by atoms with Crippen molar-refractivity contribution in [3.8, 4) is 5.75 Å². The number of carbonyl (C=O) groups is 4. The molecular formula is C21H23N3O6. The molecule has 5 rings (SSSR count). The number of benzene rings is 1. The number of piperidine rings is 2. The molecule has 0 bridgehead atoms. The lowest BCUT2D eigenvalue weighted by Gasteiger charge is -2.36. The van der Waals surface area contributed by atoms with E-state index in [2.05, 4.69) is 22.9 Å². The second kappa shape index (κ2) is 6.80. The van der Waals surface area contributed by atoms with Gasteiger partial charge in [-0.05, 0) is 57.1 Å². The van der Waals surface area contributed by atoms with Gasteiger partial charge in [-0.1, -0.05) is 0 Å². The maximum Gasteiger partial charge on any atom is 0.321 e. The maximum absolute atomic E-state index is 13.1. The average molecular weight is 413 g/mol. The minimum absolute atomic E-state index is 0.0188. The number of carbonyl (C=O) groups excluding carboxylic acids is 4. The molecule has 4 aliphatic heterocycles. The highest BCUT2D eigenvalue weighted by Gasteiger charge is 2.47. The zero-order chi connectivity index (χ0) is 21.0. The molecular weight excluding hydrogens is 390 g/mol. The molecule has 9 nitrogen and oxygen atoms in total. The predicted octanol–water partition coefficient (Wildman–Crippen LogP) is 0.604. The van der Waals surface area contributed by atoms with E-state index >= 15 is 0 Å². The van der Waals surface area contributed by atoms with Gasteiger partial charge in [0.05, 0.1) is 6.61 Å². The molecule has 1 spiro atoms. The standard InChI is InChI=1S/C21H23N3O6/c1-22-6-4-21(5-7-22)11-29-17-9-14-13(8-15(17)21)10-23(19(14)27)16-2-3-18(26)24(20(16)28)30-12-25/h8-9,12,16H,2-7,10-11H2,1H3. The zero-order valence-electron chi connectivity index (χ0n) is 16.8. The lowest BCUT2D eigenvalue weighted by molar-refractivity contribution is -0.200. The summed E-state index contributed by atoms with van der Waals surface area (Å²) in [5, 5.41) is 0.466.